The molecule has 0 amide bonds. The molecule has 0 unspecified atom stereocenters. The molecule has 0 aliphatic rings. The molecule has 23 heavy (non-hydrogen) atoms. The van der Waals surface area contributed by atoms with E-state index >= 15 is 0 Å². The molecule has 0 saturated heterocycles. The smallest absolute Gasteiger partial charge is 0.210 e. The summed E-state index contributed by atoms with van der Waals surface area (Å²) in [5, 5.41) is 0.935. The molecule has 0 N–H and O–H groups in total. The van der Waals surface area contributed by atoms with E-state index in [4.69, 9.17) is 4.42 Å². The van der Waals surface area contributed by atoms with E-state index in [9.17, 15) is 8.42 Å². The number of pyridine rings is 1. The number of sulfone groups is 1. The fourth-order valence-corrected chi connectivity index (χ4v) is 3.30. The number of rotatable bonds is 3. The topological polar surface area (TPSA) is 73.1 Å². The Balaban J connectivity index is 1.92. The van der Waals surface area contributed by atoms with Crippen LogP contribution in [-0.2, 0) is 21.0 Å². The highest BCUT2D eigenvalue weighted by Gasteiger charge is 2.24. The molecule has 5 nitrogen and oxygen atoms in total. The zero-order valence-corrected chi connectivity index (χ0v) is 14.1. The third kappa shape index (κ3) is 3.27. The number of nitrogens with zero attached hydrogens (tertiary/aromatic N) is 2. The molecule has 6 heteroatoms. The number of hydrogen-bond donors (Lipinski definition) is 0. The van der Waals surface area contributed by atoms with E-state index in [1.165, 1.54) is 6.07 Å². The molecule has 0 atom stereocenters. The largest absolute Gasteiger partial charge is 0.444 e. The average Bonchev–Trinajstić information content (AvgIpc) is 2.94. The monoisotopic (exact) mass is 330 g/mol. The van der Waals surface area contributed by atoms with Gasteiger partial charge in [-0.05, 0) is 18.2 Å². The maximum absolute atomic E-state index is 12.5. The number of para-hydroxylation sites is 1. The fourth-order valence-electron chi connectivity index (χ4n) is 2.18. The molecule has 2 aromatic heterocycles. The second-order valence-corrected chi connectivity index (χ2v) is 8.41. The minimum Gasteiger partial charge on any atom is -0.444 e. The molecule has 0 spiro atoms. The van der Waals surface area contributed by atoms with Crippen LogP contribution in [0.2, 0.25) is 0 Å². The van der Waals surface area contributed by atoms with Gasteiger partial charge in [0.2, 0.25) is 15.7 Å². The number of oxazole rings is 1. The van der Waals surface area contributed by atoms with Crippen LogP contribution < -0.4 is 0 Å². The lowest BCUT2D eigenvalue weighted by molar-refractivity contribution is 0.389. The third-order valence-corrected chi connectivity index (χ3v) is 4.99. The SMILES string of the molecule is CC(C)(C)c1cnc(CS(=O)(=O)c2ccc3ccccc3n2)o1. The van der Waals surface area contributed by atoms with Crippen LogP contribution in [-0.4, -0.2) is 18.4 Å². The Labute approximate surface area is 135 Å². The summed E-state index contributed by atoms with van der Waals surface area (Å²) in [7, 11) is -3.60. The van der Waals surface area contributed by atoms with Crippen LogP contribution in [0.5, 0.6) is 0 Å². The second kappa shape index (κ2) is 5.45. The van der Waals surface area contributed by atoms with Crippen molar-refractivity contribution in [1.82, 2.24) is 9.97 Å². The standard InChI is InChI=1S/C17H18N2O3S/c1-17(2,3)14-10-18-15(22-14)11-23(20,21)16-9-8-12-6-4-5-7-13(12)19-16/h4-10H,11H2,1-3H3. The van der Waals surface area contributed by atoms with Crippen molar-refractivity contribution in [3.63, 3.8) is 0 Å². The zero-order chi connectivity index (χ0) is 16.7. The molecule has 2 heterocycles. The van der Waals surface area contributed by atoms with E-state index in [1.807, 2.05) is 39.0 Å². The Bertz CT molecular complexity index is 953. The average molecular weight is 330 g/mol. The van der Waals surface area contributed by atoms with Gasteiger partial charge in [-0.15, -0.1) is 0 Å². The quantitative estimate of drug-likeness (QED) is 0.735. The van der Waals surface area contributed by atoms with Crippen LogP contribution in [0.25, 0.3) is 10.9 Å². The Kier molecular flexibility index (Phi) is 3.72. The molecule has 0 aliphatic heterocycles. The van der Waals surface area contributed by atoms with Crippen LogP contribution >= 0.6 is 0 Å². The normalized spacial score (nSPS) is 12.7. The van der Waals surface area contributed by atoms with Crippen molar-refractivity contribution in [2.24, 2.45) is 0 Å². The maximum Gasteiger partial charge on any atom is 0.210 e. The first-order chi connectivity index (χ1) is 10.8. The van der Waals surface area contributed by atoms with Gasteiger partial charge in [0, 0.05) is 10.8 Å². The lowest BCUT2D eigenvalue weighted by atomic mass is 9.94. The van der Waals surface area contributed by atoms with Gasteiger partial charge in [-0.2, -0.15) is 0 Å². The predicted molar refractivity (Wildman–Crippen MR) is 87.8 cm³/mol. The molecule has 120 valence electrons. The predicted octanol–water partition coefficient (Wildman–Crippen LogP) is 3.49. The second-order valence-electron chi connectivity index (χ2n) is 6.47. The molecule has 3 rings (SSSR count). The summed E-state index contributed by atoms with van der Waals surface area (Å²) in [4.78, 5) is 8.32. The van der Waals surface area contributed by atoms with Crippen molar-refractivity contribution in [3.8, 4) is 0 Å². The lowest BCUT2D eigenvalue weighted by Gasteiger charge is -2.13. The molecular formula is C17H18N2O3S. The minimum absolute atomic E-state index is 0.0340. The summed E-state index contributed by atoms with van der Waals surface area (Å²) < 4.78 is 30.7. The van der Waals surface area contributed by atoms with E-state index in [1.54, 1.807) is 18.3 Å². The first kappa shape index (κ1) is 15.7. The molecule has 0 saturated carbocycles. The molecule has 0 radical (unpaired) electrons. The van der Waals surface area contributed by atoms with Crippen molar-refractivity contribution in [3.05, 3.63) is 54.2 Å². The van der Waals surface area contributed by atoms with Gasteiger partial charge < -0.3 is 4.42 Å². The summed E-state index contributed by atoms with van der Waals surface area (Å²) >= 11 is 0. The van der Waals surface area contributed by atoms with Gasteiger partial charge in [0.25, 0.3) is 0 Å². The summed E-state index contributed by atoms with van der Waals surface area (Å²) in [6.45, 7) is 5.95. The van der Waals surface area contributed by atoms with Gasteiger partial charge in [-0.25, -0.2) is 18.4 Å². The molecule has 0 fully saturated rings. The molecule has 3 aromatic rings. The van der Waals surface area contributed by atoms with Crippen molar-refractivity contribution in [2.75, 3.05) is 0 Å². The molecular weight excluding hydrogens is 312 g/mol. The number of benzene rings is 1. The first-order valence-corrected chi connectivity index (χ1v) is 8.95. The van der Waals surface area contributed by atoms with Crippen molar-refractivity contribution in [2.45, 2.75) is 37.0 Å². The zero-order valence-electron chi connectivity index (χ0n) is 13.3. The van der Waals surface area contributed by atoms with Gasteiger partial charge in [0.05, 0.1) is 11.7 Å². The van der Waals surface area contributed by atoms with Gasteiger partial charge in [-0.3, -0.25) is 0 Å². The Hall–Kier alpha value is -2.21. The van der Waals surface area contributed by atoms with E-state index < -0.39 is 9.84 Å². The number of fused-ring (bicyclic) bond motifs is 1. The molecule has 0 bridgehead atoms. The molecule has 0 aliphatic carbocycles. The number of hydrogen-bond acceptors (Lipinski definition) is 5. The first-order valence-electron chi connectivity index (χ1n) is 7.29. The van der Waals surface area contributed by atoms with Gasteiger partial charge in [0.1, 0.15) is 11.5 Å². The Morgan fingerprint density at radius 2 is 1.83 bits per heavy atom. The van der Waals surface area contributed by atoms with Crippen LogP contribution in [0.1, 0.15) is 32.4 Å². The molecule has 1 aromatic carbocycles. The van der Waals surface area contributed by atoms with Crippen LogP contribution in [0, 0.1) is 0 Å². The highest BCUT2D eigenvalue weighted by molar-refractivity contribution is 7.90. The van der Waals surface area contributed by atoms with E-state index in [-0.39, 0.29) is 22.1 Å². The van der Waals surface area contributed by atoms with Gasteiger partial charge in [0.15, 0.2) is 5.03 Å². The fraction of sp³-hybridized carbons (Fsp3) is 0.294. The van der Waals surface area contributed by atoms with E-state index in [0.29, 0.717) is 11.3 Å². The summed E-state index contributed by atoms with van der Waals surface area (Å²) in [6.07, 6.45) is 1.58. The highest BCUT2D eigenvalue weighted by atomic mass is 32.2. The summed E-state index contributed by atoms with van der Waals surface area (Å²) in [6, 6.07) is 10.7. The summed E-state index contributed by atoms with van der Waals surface area (Å²) in [5.74, 6) is 0.549. The van der Waals surface area contributed by atoms with Crippen molar-refractivity contribution >= 4 is 20.7 Å². The van der Waals surface area contributed by atoms with Crippen LogP contribution in [0.15, 0.2) is 52.0 Å². The highest BCUT2D eigenvalue weighted by Crippen LogP contribution is 2.24. The van der Waals surface area contributed by atoms with Crippen LogP contribution in [0.4, 0.5) is 0 Å². The van der Waals surface area contributed by atoms with Gasteiger partial charge in [-0.1, -0.05) is 39.0 Å². The maximum atomic E-state index is 12.5. The Morgan fingerprint density at radius 1 is 1.09 bits per heavy atom. The van der Waals surface area contributed by atoms with Crippen molar-refractivity contribution < 1.29 is 12.8 Å². The lowest BCUT2D eigenvalue weighted by Crippen LogP contribution is -2.09. The van der Waals surface area contributed by atoms with E-state index in [0.717, 1.165) is 5.39 Å². The minimum atomic E-state index is -3.60. The van der Waals surface area contributed by atoms with Crippen molar-refractivity contribution in [1.29, 1.82) is 0 Å². The third-order valence-electron chi connectivity index (χ3n) is 3.50. The summed E-state index contributed by atoms with van der Waals surface area (Å²) in [5.41, 5.74) is 0.437. The van der Waals surface area contributed by atoms with Gasteiger partial charge >= 0.3 is 0 Å². The van der Waals surface area contributed by atoms with E-state index in [2.05, 4.69) is 9.97 Å². The van der Waals surface area contributed by atoms with Crippen LogP contribution in [0.3, 0.4) is 0 Å². The number of aromatic nitrogens is 2. The Morgan fingerprint density at radius 3 is 2.52 bits per heavy atom.